The van der Waals surface area contributed by atoms with Crippen molar-refractivity contribution < 1.29 is 4.74 Å². The Balaban J connectivity index is 1.58. The number of benzene rings is 1. The minimum absolute atomic E-state index is 0.385. The number of piperidine rings is 1. The Hall–Kier alpha value is -1.94. The Labute approximate surface area is 157 Å². The van der Waals surface area contributed by atoms with Gasteiger partial charge in [-0.1, -0.05) is 32.4 Å². The van der Waals surface area contributed by atoms with Crippen LogP contribution in [0.3, 0.4) is 0 Å². The molecule has 0 spiro atoms. The van der Waals surface area contributed by atoms with E-state index in [-0.39, 0.29) is 0 Å². The number of methoxy groups -OCH3 is 1. The molecule has 0 amide bonds. The molecule has 1 aromatic heterocycles. The SMILES string of the molecule is COc1ccc(CCC2CCCCN2Cc2cnc(C(C)C)nc2)cc1. The van der Waals surface area contributed by atoms with Crippen LogP contribution in [-0.4, -0.2) is 34.6 Å². The molecule has 1 aliphatic rings. The van der Waals surface area contributed by atoms with Crippen LogP contribution in [-0.2, 0) is 13.0 Å². The van der Waals surface area contributed by atoms with Crippen LogP contribution in [0.4, 0.5) is 0 Å². The van der Waals surface area contributed by atoms with E-state index >= 15 is 0 Å². The number of ether oxygens (including phenoxy) is 1. The number of hydrogen-bond acceptors (Lipinski definition) is 4. The number of aryl methyl sites for hydroxylation is 1. The molecule has 1 saturated heterocycles. The van der Waals surface area contributed by atoms with Crippen LogP contribution in [0.25, 0.3) is 0 Å². The third-order valence-corrected chi connectivity index (χ3v) is 5.30. The second-order valence-electron chi connectivity index (χ2n) is 7.61. The fourth-order valence-corrected chi connectivity index (χ4v) is 3.70. The lowest BCUT2D eigenvalue weighted by Crippen LogP contribution is -2.39. The monoisotopic (exact) mass is 353 g/mol. The lowest BCUT2D eigenvalue weighted by molar-refractivity contribution is 0.132. The molecule has 1 fully saturated rings. The van der Waals surface area contributed by atoms with Gasteiger partial charge in [0.25, 0.3) is 0 Å². The van der Waals surface area contributed by atoms with Gasteiger partial charge in [0.2, 0.25) is 0 Å². The molecule has 0 saturated carbocycles. The molecule has 1 aliphatic heterocycles. The van der Waals surface area contributed by atoms with Gasteiger partial charge < -0.3 is 4.74 Å². The number of hydrogen-bond donors (Lipinski definition) is 0. The maximum atomic E-state index is 5.25. The third kappa shape index (κ3) is 5.04. The molecule has 3 rings (SSSR count). The van der Waals surface area contributed by atoms with E-state index in [2.05, 4.69) is 53.0 Å². The Kier molecular flexibility index (Phi) is 6.62. The van der Waals surface area contributed by atoms with E-state index in [1.54, 1.807) is 7.11 Å². The maximum Gasteiger partial charge on any atom is 0.130 e. The summed E-state index contributed by atoms with van der Waals surface area (Å²) < 4.78 is 5.25. The molecule has 4 nitrogen and oxygen atoms in total. The first-order valence-corrected chi connectivity index (χ1v) is 9.83. The minimum Gasteiger partial charge on any atom is -0.497 e. The zero-order chi connectivity index (χ0) is 18.4. The fourth-order valence-electron chi connectivity index (χ4n) is 3.70. The van der Waals surface area contributed by atoms with Crippen LogP contribution in [0.15, 0.2) is 36.7 Å². The maximum absolute atomic E-state index is 5.25. The number of nitrogens with zero attached hydrogens (tertiary/aromatic N) is 3. The predicted octanol–water partition coefficient (Wildman–Crippen LogP) is 4.60. The lowest BCUT2D eigenvalue weighted by Gasteiger charge is -2.35. The summed E-state index contributed by atoms with van der Waals surface area (Å²) in [6, 6.07) is 9.13. The van der Waals surface area contributed by atoms with Crippen molar-refractivity contribution in [2.24, 2.45) is 0 Å². The summed E-state index contributed by atoms with van der Waals surface area (Å²) in [6.45, 7) is 6.41. The second kappa shape index (κ2) is 9.13. The molecule has 1 aromatic carbocycles. The zero-order valence-electron chi connectivity index (χ0n) is 16.3. The lowest BCUT2D eigenvalue weighted by atomic mass is 9.95. The summed E-state index contributed by atoms with van der Waals surface area (Å²) in [6.07, 6.45) is 10.3. The van der Waals surface area contributed by atoms with Crippen molar-refractivity contribution >= 4 is 0 Å². The fraction of sp³-hybridized carbons (Fsp3) is 0.545. The van der Waals surface area contributed by atoms with Crippen molar-refractivity contribution in [3.63, 3.8) is 0 Å². The molecule has 1 atom stereocenters. The quantitative estimate of drug-likeness (QED) is 0.729. The summed E-state index contributed by atoms with van der Waals surface area (Å²) in [4.78, 5) is 11.7. The van der Waals surface area contributed by atoms with Crippen LogP contribution < -0.4 is 4.74 Å². The van der Waals surface area contributed by atoms with Crippen LogP contribution >= 0.6 is 0 Å². The molecule has 0 radical (unpaired) electrons. The molecule has 140 valence electrons. The van der Waals surface area contributed by atoms with Crippen LogP contribution in [0.5, 0.6) is 5.75 Å². The minimum atomic E-state index is 0.385. The van der Waals surface area contributed by atoms with E-state index in [9.17, 15) is 0 Å². The highest BCUT2D eigenvalue weighted by atomic mass is 16.5. The third-order valence-electron chi connectivity index (χ3n) is 5.30. The van der Waals surface area contributed by atoms with Gasteiger partial charge in [-0.2, -0.15) is 0 Å². The van der Waals surface area contributed by atoms with Crippen molar-refractivity contribution in [2.45, 2.75) is 64.5 Å². The average molecular weight is 354 g/mol. The Morgan fingerprint density at radius 1 is 1.08 bits per heavy atom. The molecule has 4 heteroatoms. The van der Waals surface area contributed by atoms with Crippen molar-refractivity contribution in [1.82, 2.24) is 14.9 Å². The molecule has 2 heterocycles. The van der Waals surface area contributed by atoms with Gasteiger partial charge in [-0.05, 0) is 49.9 Å². The van der Waals surface area contributed by atoms with Gasteiger partial charge in [-0.3, -0.25) is 4.90 Å². The first-order chi connectivity index (χ1) is 12.7. The Bertz CT molecular complexity index is 667. The first-order valence-electron chi connectivity index (χ1n) is 9.83. The highest BCUT2D eigenvalue weighted by Crippen LogP contribution is 2.24. The summed E-state index contributed by atoms with van der Waals surface area (Å²) in [5.41, 5.74) is 2.62. The molecular formula is C22H31N3O. The largest absolute Gasteiger partial charge is 0.497 e. The van der Waals surface area contributed by atoms with Gasteiger partial charge in [-0.25, -0.2) is 9.97 Å². The van der Waals surface area contributed by atoms with Gasteiger partial charge in [0.1, 0.15) is 11.6 Å². The van der Waals surface area contributed by atoms with Gasteiger partial charge in [0, 0.05) is 36.5 Å². The van der Waals surface area contributed by atoms with Crippen molar-refractivity contribution in [3.05, 3.63) is 53.6 Å². The van der Waals surface area contributed by atoms with Gasteiger partial charge in [-0.15, -0.1) is 0 Å². The van der Waals surface area contributed by atoms with Crippen LogP contribution in [0.1, 0.15) is 62.4 Å². The molecule has 26 heavy (non-hydrogen) atoms. The zero-order valence-corrected chi connectivity index (χ0v) is 16.3. The Morgan fingerprint density at radius 3 is 2.46 bits per heavy atom. The number of aromatic nitrogens is 2. The normalized spacial score (nSPS) is 18.2. The van der Waals surface area contributed by atoms with E-state index in [1.165, 1.54) is 43.4 Å². The van der Waals surface area contributed by atoms with Gasteiger partial charge in [0.15, 0.2) is 0 Å². The van der Waals surface area contributed by atoms with Crippen LogP contribution in [0.2, 0.25) is 0 Å². The molecular weight excluding hydrogens is 322 g/mol. The van der Waals surface area contributed by atoms with Crippen molar-refractivity contribution in [3.8, 4) is 5.75 Å². The van der Waals surface area contributed by atoms with E-state index in [0.29, 0.717) is 12.0 Å². The molecule has 0 N–H and O–H groups in total. The summed E-state index contributed by atoms with van der Waals surface area (Å²) in [5, 5.41) is 0. The summed E-state index contributed by atoms with van der Waals surface area (Å²) in [5.74, 6) is 2.25. The van der Waals surface area contributed by atoms with E-state index < -0.39 is 0 Å². The predicted molar refractivity (Wildman–Crippen MR) is 105 cm³/mol. The van der Waals surface area contributed by atoms with Gasteiger partial charge >= 0.3 is 0 Å². The van der Waals surface area contributed by atoms with Crippen LogP contribution in [0, 0.1) is 0 Å². The molecule has 1 unspecified atom stereocenters. The van der Waals surface area contributed by atoms with E-state index in [0.717, 1.165) is 24.5 Å². The summed E-state index contributed by atoms with van der Waals surface area (Å²) in [7, 11) is 1.71. The van der Waals surface area contributed by atoms with E-state index in [4.69, 9.17) is 4.74 Å². The van der Waals surface area contributed by atoms with Gasteiger partial charge in [0.05, 0.1) is 7.11 Å². The molecule has 0 bridgehead atoms. The molecule has 0 aliphatic carbocycles. The second-order valence-corrected chi connectivity index (χ2v) is 7.61. The van der Waals surface area contributed by atoms with Crippen molar-refractivity contribution in [1.29, 1.82) is 0 Å². The number of likely N-dealkylation sites (tertiary alicyclic amines) is 1. The highest BCUT2D eigenvalue weighted by molar-refractivity contribution is 5.27. The standard InChI is InChI=1S/C22H31N3O/c1-17(2)22-23-14-19(15-24-22)16-25-13-5-4-6-20(25)10-7-18-8-11-21(26-3)12-9-18/h8-9,11-12,14-15,17,20H,4-7,10,13,16H2,1-3H3. The average Bonchev–Trinajstić information content (AvgIpc) is 2.68. The number of rotatable bonds is 7. The van der Waals surface area contributed by atoms with Crippen molar-refractivity contribution in [2.75, 3.05) is 13.7 Å². The van der Waals surface area contributed by atoms with E-state index in [1.807, 2.05) is 12.4 Å². The highest BCUT2D eigenvalue weighted by Gasteiger charge is 2.22. The molecule has 2 aromatic rings. The first kappa shape index (κ1) is 18.8. The topological polar surface area (TPSA) is 38.2 Å². The summed E-state index contributed by atoms with van der Waals surface area (Å²) >= 11 is 0. The Morgan fingerprint density at radius 2 is 1.81 bits per heavy atom. The smallest absolute Gasteiger partial charge is 0.130 e.